The highest BCUT2D eigenvalue weighted by Crippen LogP contribution is 2.20. The van der Waals surface area contributed by atoms with Gasteiger partial charge in [0.2, 0.25) is 0 Å². The molecule has 1 amide bonds. The first kappa shape index (κ1) is 13.9. The van der Waals surface area contributed by atoms with Gasteiger partial charge in [-0.2, -0.15) is 0 Å². The average molecular weight is 271 g/mol. The van der Waals surface area contributed by atoms with Gasteiger partial charge in [0.1, 0.15) is 11.6 Å². The summed E-state index contributed by atoms with van der Waals surface area (Å²) in [6.07, 6.45) is 1.53. The minimum absolute atomic E-state index is 0.259. The monoisotopic (exact) mass is 271 g/mol. The molecule has 0 saturated heterocycles. The summed E-state index contributed by atoms with van der Waals surface area (Å²) in [7, 11) is 0. The van der Waals surface area contributed by atoms with Crippen molar-refractivity contribution < 1.29 is 9.53 Å². The van der Waals surface area contributed by atoms with Crippen LogP contribution in [0.3, 0.4) is 0 Å². The maximum atomic E-state index is 12.2. The molecule has 5 heteroatoms. The number of aromatic nitrogens is 1. The number of benzene rings is 1. The molecule has 1 aromatic carbocycles. The number of para-hydroxylation sites is 1. The molecular weight excluding hydrogens is 254 g/mol. The van der Waals surface area contributed by atoms with Gasteiger partial charge in [-0.1, -0.05) is 12.1 Å². The zero-order chi connectivity index (χ0) is 14.5. The second kappa shape index (κ2) is 6.06. The summed E-state index contributed by atoms with van der Waals surface area (Å²) in [6, 6.07) is 8.83. The molecule has 1 heterocycles. The molecule has 104 valence electrons. The number of carbonyl (C=O) groups is 1. The number of rotatable bonds is 4. The predicted molar refractivity (Wildman–Crippen MR) is 79.0 cm³/mol. The third-order valence-corrected chi connectivity index (χ3v) is 2.82. The number of nitrogens with zero attached hydrogens (tertiary/aromatic N) is 1. The first-order valence-corrected chi connectivity index (χ1v) is 6.37. The summed E-state index contributed by atoms with van der Waals surface area (Å²) in [5.41, 5.74) is 7.64. The van der Waals surface area contributed by atoms with Crippen molar-refractivity contribution in [2.75, 3.05) is 17.7 Å². The summed E-state index contributed by atoms with van der Waals surface area (Å²) in [5, 5.41) is 2.74. The van der Waals surface area contributed by atoms with Crippen LogP contribution in [0.4, 0.5) is 11.5 Å². The number of nitrogens with one attached hydrogen (secondary N) is 1. The van der Waals surface area contributed by atoms with Gasteiger partial charge in [-0.25, -0.2) is 4.98 Å². The average Bonchev–Trinajstić information content (AvgIpc) is 2.44. The van der Waals surface area contributed by atoms with Crippen LogP contribution in [0, 0.1) is 6.92 Å². The van der Waals surface area contributed by atoms with E-state index in [9.17, 15) is 4.79 Å². The van der Waals surface area contributed by atoms with Crippen LogP contribution in [0.1, 0.15) is 22.8 Å². The summed E-state index contributed by atoms with van der Waals surface area (Å²) in [5.74, 6) is 0.762. The molecule has 0 spiro atoms. The molecule has 3 N–H and O–H groups in total. The molecule has 2 aromatic rings. The van der Waals surface area contributed by atoms with E-state index < -0.39 is 0 Å². The van der Waals surface area contributed by atoms with Gasteiger partial charge in [-0.3, -0.25) is 4.79 Å². The predicted octanol–water partition coefficient (Wildman–Crippen LogP) is 2.62. The topological polar surface area (TPSA) is 77.2 Å². The Kier molecular flexibility index (Phi) is 4.20. The fourth-order valence-corrected chi connectivity index (χ4v) is 1.75. The van der Waals surface area contributed by atoms with E-state index >= 15 is 0 Å². The van der Waals surface area contributed by atoms with Crippen LogP contribution in [-0.4, -0.2) is 17.5 Å². The summed E-state index contributed by atoms with van der Waals surface area (Å²) >= 11 is 0. The Hall–Kier alpha value is -2.56. The Morgan fingerprint density at radius 2 is 2.15 bits per heavy atom. The number of nitrogens with two attached hydrogens (primary N) is 1. The van der Waals surface area contributed by atoms with Crippen LogP contribution in [0.2, 0.25) is 0 Å². The number of pyridine rings is 1. The lowest BCUT2D eigenvalue weighted by Gasteiger charge is -2.10. The lowest BCUT2D eigenvalue weighted by atomic mass is 10.2. The highest BCUT2D eigenvalue weighted by atomic mass is 16.5. The van der Waals surface area contributed by atoms with E-state index in [0.29, 0.717) is 29.4 Å². The second-order valence-corrected chi connectivity index (χ2v) is 4.31. The smallest absolute Gasteiger partial charge is 0.260 e. The summed E-state index contributed by atoms with van der Waals surface area (Å²) in [6.45, 7) is 4.24. The van der Waals surface area contributed by atoms with Crippen LogP contribution < -0.4 is 15.8 Å². The number of nitrogen functional groups attached to an aromatic ring is 1. The van der Waals surface area contributed by atoms with Crippen molar-refractivity contribution in [1.29, 1.82) is 0 Å². The quantitative estimate of drug-likeness (QED) is 0.896. The molecule has 0 saturated carbocycles. The van der Waals surface area contributed by atoms with Gasteiger partial charge in [0.25, 0.3) is 5.91 Å². The van der Waals surface area contributed by atoms with Crippen molar-refractivity contribution in [2.24, 2.45) is 0 Å². The van der Waals surface area contributed by atoms with Gasteiger partial charge in [-0.15, -0.1) is 0 Å². The van der Waals surface area contributed by atoms with Crippen molar-refractivity contribution in [1.82, 2.24) is 4.98 Å². The van der Waals surface area contributed by atoms with Gasteiger partial charge < -0.3 is 15.8 Å². The fraction of sp³-hybridized carbons (Fsp3) is 0.200. The lowest BCUT2D eigenvalue weighted by Crippen LogP contribution is -2.14. The summed E-state index contributed by atoms with van der Waals surface area (Å²) < 4.78 is 5.44. The molecule has 5 nitrogen and oxygen atoms in total. The Morgan fingerprint density at radius 3 is 2.85 bits per heavy atom. The molecule has 0 bridgehead atoms. The SMILES string of the molecule is CCOc1ccccc1C(=O)Nc1cc(C)c(N)cn1. The highest BCUT2D eigenvalue weighted by Gasteiger charge is 2.12. The molecule has 0 radical (unpaired) electrons. The number of anilines is 2. The zero-order valence-electron chi connectivity index (χ0n) is 11.5. The van der Waals surface area contributed by atoms with Crippen molar-refractivity contribution in [2.45, 2.75) is 13.8 Å². The van der Waals surface area contributed by atoms with E-state index in [1.807, 2.05) is 19.9 Å². The Labute approximate surface area is 117 Å². The van der Waals surface area contributed by atoms with Gasteiger partial charge in [0.05, 0.1) is 24.1 Å². The fourth-order valence-electron chi connectivity index (χ4n) is 1.75. The highest BCUT2D eigenvalue weighted by molar-refractivity contribution is 6.05. The van der Waals surface area contributed by atoms with Gasteiger partial charge >= 0.3 is 0 Å². The van der Waals surface area contributed by atoms with Crippen molar-refractivity contribution in [3.63, 3.8) is 0 Å². The molecule has 20 heavy (non-hydrogen) atoms. The Morgan fingerprint density at radius 1 is 1.40 bits per heavy atom. The van der Waals surface area contributed by atoms with Gasteiger partial charge in [-0.05, 0) is 37.6 Å². The third-order valence-electron chi connectivity index (χ3n) is 2.82. The van der Waals surface area contributed by atoms with Crippen LogP contribution in [-0.2, 0) is 0 Å². The maximum Gasteiger partial charge on any atom is 0.260 e. The lowest BCUT2D eigenvalue weighted by molar-refractivity contribution is 0.102. The first-order chi connectivity index (χ1) is 9.61. The minimum atomic E-state index is -0.259. The first-order valence-electron chi connectivity index (χ1n) is 6.37. The molecule has 2 rings (SSSR count). The number of ether oxygens (including phenoxy) is 1. The van der Waals surface area contributed by atoms with Crippen LogP contribution >= 0.6 is 0 Å². The van der Waals surface area contributed by atoms with Crippen LogP contribution in [0.15, 0.2) is 36.5 Å². The molecule has 0 aliphatic heterocycles. The number of aryl methyl sites for hydroxylation is 1. The zero-order valence-corrected chi connectivity index (χ0v) is 11.5. The van der Waals surface area contributed by atoms with Crippen molar-refractivity contribution >= 4 is 17.4 Å². The van der Waals surface area contributed by atoms with Crippen LogP contribution in [0.25, 0.3) is 0 Å². The van der Waals surface area contributed by atoms with E-state index in [2.05, 4.69) is 10.3 Å². The second-order valence-electron chi connectivity index (χ2n) is 4.31. The standard InChI is InChI=1S/C15H17N3O2/c1-3-20-13-7-5-4-6-11(13)15(19)18-14-8-10(2)12(16)9-17-14/h4-9H,3,16H2,1-2H3,(H,17,18,19). The molecule has 0 aliphatic rings. The largest absolute Gasteiger partial charge is 0.493 e. The maximum absolute atomic E-state index is 12.2. The van der Waals surface area contributed by atoms with E-state index in [0.717, 1.165) is 5.56 Å². The number of hydrogen-bond acceptors (Lipinski definition) is 4. The van der Waals surface area contributed by atoms with E-state index in [4.69, 9.17) is 10.5 Å². The van der Waals surface area contributed by atoms with E-state index in [-0.39, 0.29) is 5.91 Å². The van der Waals surface area contributed by atoms with Crippen molar-refractivity contribution in [3.8, 4) is 5.75 Å². The van der Waals surface area contributed by atoms with Crippen molar-refractivity contribution in [3.05, 3.63) is 47.7 Å². The molecule has 0 fully saturated rings. The number of hydrogen-bond donors (Lipinski definition) is 2. The molecule has 1 aromatic heterocycles. The molecule has 0 unspecified atom stereocenters. The van der Waals surface area contributed by atoms with E-state index in [1.165, 1.54) is 6.20 Å². The third kappa shape index (κ3) is 3.06. The van der Waals surface area contributed by atoms with Crippen LogP contribution in [0.5, 0.6) is 5.75 Å². The Balaban J connectivity index is 2.21. The molecule has 0 atom stereocenters. The van der Waals surface area contributed by atoms with Gasteiger partial charge in [0, 0.05) is 0 Å². The minimum Gasteiger partial charge on any atom is -0.493 e. The number of carbonyl (C=O) groups excluding carboxylic acids is 1. The van der Waals surface area contributed by atoms with E-state index in [1.54, 1.807) is 24.3 Å². The Bertz CT molecular complexity index is 626. The molecular formula is C15H17N3O2. The normalized spacial score (nSPS) is 10.1. The summed E-state index contributed by atoms with van der Waals surface area (Å²) in [4.78, 5) is 16.3. The molecule has 0 aliphatic carbocycles. The van der Waals surface area contributed by atoms with Gasteiger partial charge in [0.15, 0.2) is 0 Å². The number of amides is 1.